The molecule has 2 aromatic carbocycles. The van der Waals surface area contributed by atoms with Gasteiger partial charge < -0.3 is 0 Å². The number of amides is 2. The van der Waals surface area contributed by atoms with E-state index in [1.54, 1.807) is 0 Å². The summed E-state index contributed by atoms with van der Waals surface area (Å²) >= 11 is 4.54. The van der Waals surface area contributed by atoms with Gasteiger partial charge in [-0.1, -0.05) is 75.8 Å². The van der Waals surface area contributed by atoms with E-state index in [1.165, 1.54) is 17.6 Å². The molecule has 0 bridgehead atoms. The summed E-state index contributed by atoms with van der Waals surface area (Å²) in [6.07, 6.45) is 1.44. The van der Waals surface area contributed by atoms with Crippen LogP contribution in [0.4, 0.5) is 5.13 Å². The second-order valence-corrected chi connectivity index (χ2v) is 6.79. The van der Waals surface area contributed by atoms with E-state index in [9.17, 15) is 9.59 Å². The zero-order valence-corrected chi connectivity index (χ0v) is 15.6. The Morgan fingerprint density at radius 3 is 2.50 bits per heavy atom. The highest BCUT2D eigenvalue weighted by atomic mass is 79.9. The number of hydrogen-bond donors (Lipinski definition) is 2. The molecule has 0 aliphatic carbocycles. The molecule has 0 aliphatic rings. The van der Waals surface area contributed by atoms with Crippen molar-refractivity contribution in [3.8, 4) is 10.6 Å². The van der Waals surface area contributed by atoms with Crippen LogP contribution in [0.5, 0.6) is 0 Å². The first-order chi connectivity index (χ1) is 12.6. The fourth-order valence-corrected chi connectivity index (χ4v) is 3.05. The highest BCUT2D eigenvalue weighted by Gasteiger charge is 2.16. The number of hydrazone groups is 1. The van der Waals surface area contributed by atoms with Crippen LogP contribution in [0.1, 0.15) is 5.56 Å². The van der Waals surface area contributed by atoms with E-state index < -0.39 is 11.8 Å². The fraction of sp³-hybridized carbons (Fsp3) is 0. The van der Waals surface area contributed by atoms with Crippen molar-refractivity contribution in [2.24, 2.45) is 5.10 Å². The summed E-state index contributed by atoms with van der Waals surface area (Å²) in [4.78, 5) is 23.7. The number of carbonyl (C=O) groups is 2. The summed E-state index contributed by atoms with van der Waals surface area (Å²) in [7, 11) is 0. The normalized spacial score (nSPS) is 10.7. The first kappa shape index (κ1) is 17.9. The van der Waals surface area contributed by atoms with Gasteiger partial charge in [0.15, 0.2) is 0 Å². The standard InChI is InChI=1S/C17H12BrN5O2S/c18-13-9-5-4-8-12(13)10-19-21-15(25)14(24)20-17-23-22-16(26-17)11-6-2-1-3-7-11/h1-10H,(H,21,25)(H,20,23,24). The average molecular weight is 430 g/mol. The first-order valence-corrected chi connectivity index (χ1v) is 9.02. The Hall–Kier alpha value is -2.91. The summed E-state index contributed by atoms with van der Waals surface area (Å²) in [5.74, 6) is -1.77. The van der Waals surface area contributed by atoms with E-state index in [0.29, 0.717) is 5.01 Å². The lowest BCUT2D eigenvalue weighted by atomic mass is 10.2. The highest BCUT2D eigenvalue weighted by Crippen LogP contribution is 2.25. The molecule has 3 rings (SSSR count). The van der Waals surface area contributed by atoms with Gasteiger partial charge in [0.2, 0.25) is 5.13 Å². The number of halogens is 1. The van der Waals surface area contributed by atoms with E-state index >= 15 is 0 Å². The van der Waals surface area contributed by atoms with Crippen LogP contribution in [0.3, 0.4) is 0 Å². The maximum Gasteiger partial charge on any atom is 0.329 e. The molecule has 0 aliphatic heterocycles. The molecule has 1 aromatic heterocycles. The summed E-state index contributed by atoms with van der Waals surface area (Å²) in [5.41, 5.74) is 3.82. The van der Waals surface area contributed by atoms with Crippen molar-refractivity contribution in [1.29, 1.82) is 0 Å². The molecular weight excluding hydrogens is 418 g/mol. The molecule has 0 saturated carbocycles. The maximum absolute atomic E-state index is 11.9. The molecule has 3 aromatic rings. The molecule has 7 nitrogen and oxygen atoms in total. The van der Waals surface area contributed by atoms with Crippen molar-refractivity contribution in [3.63, 3.8) is 0 Å². The topological polar surface area (TPSA) is 96.3 Å². The largest absolute Gasteiger partial charge is 0.329 e. The zero-order valence-electron chi connectivity index (χ0n) is 13.2. The summed E-state index contributed by atoms with van der Waals surface area (Å²) in [6.45, 7) is 0. The molecule has 26 heavy (non-hydrogen) atoms. The van der Waals surface area contributed by atoms with Crippen LogP contribution in [-0.2, 0) is 9.59 Å². The molecular formula is C17H12BrN5O2S. The Morgan fingerprint density at radius 2 is 1.73 bits per heavy atom. The number of hydrogen-bond acceptors (Lipinski definition) is 6. The summed E-state index contributed by atoms with van der Waals surface area (Å²) < 4.78 is 0.824. The molecule has 2 amide bonds. The van der Waals surface area contributed by atoms with Gasteiger partial charge in [-0.25, -0.2) is 5.43 Å². The second-order valence-electron chi connectivity index (χ2n) is 4.95. The Kier molecular flexibility index (Phi) is 5.82. The van der Waals surface area contributed by atoms with Crippen LogP contribution in [-0.4, -0.2) is 28.2 Å². The van der Waals surface area contributed by atoms with Crippen molar-refractivity contribution >= 4 is 50.4 Å². The van der Waals surface area contributed by atoms with Gasteiger partial charge in [-0.05, 0) is 6.07 Å². The van der Waals surface area contributed by atoms with Crippen LogP contribution in [0.2, 0.25) is 0 Å². The summed E-state index contributed by atoms with van der Waals surface area (Å²) in [5, 5.41) is 14.9. The van der Waals surface area contributed by atoms with Gasteiger partial charge in [0.1, 0.15) is 5.01 Å². The Morgan fingerprint density at radius 1 is 1.00 bits per heavy atom. The van der Waals surface area contributed by atoms with Gasteiger partial charge in [-0.3, -0.25) is 14.9 Å². The van der Waals surface area contributed by atoms with Gasteiger partial charge in [-0.2, -0.15) is 5.10 Å². The lowest BCUT2D eigenvalue weighted by molar-refractivity contribution is -0.136. The van der Waals surface area contributed by atoms with Gasteiger partial charge >= 0.3 is 11.8 Å². The third kappa shape index (κ3) is 4.58. The summed E-state index contributed by atoms with van der Waals surface area (Å²) in [6, 6.07) is 16.8. The van der Waals surface area contributed by atoms with E-state index in [1.807, 2.05) is 54.6 Å². The fourth-order valence-electron chi connectivity index (χ4n) is 1.92. The third-order valence-electron chi connectivity index (χ3n) is 3.15. The SMILES string of the molecule is O=C(NN=Cc1ccccc1Br)C(=O)Nc1nnc(-c2ccccc2)s1. The lowest BCUT2D eigenvalue weighted by Crippen LogP contribution is -2.32. The van der Waals surface area contributed by atoms with Crippen molar-refractivity contribution in [2.45, 2.75) is 0 Å². The van der Waals surface area contributed by atoms with Crippen molar-refractivity contribution in [2.75, 3.05) is 5.32 Å². The maximum atomic E-state index is 11.9. The molecule has 130 valence electrons. The van der Waals surface area contributed by atoms with Gasteiger partial charge in [-0.15, -0.1) is 10.2 Å². The zero-order chi connectivity index (χ0) is 18.4. The highest BCUT2D eigenvalue weighted by molar-refractivity contribution is 9.10. The van der Waals surface area contributed by atoms with Crippen LogP contribution >= 0.6 is 27.3 Å². The number of aromatic nitrogens is 2. The number of nitrogens with one attached hydrogen (secondary N) is 2. The predicted molar refractivity (Wildman–Crippen MR) is 104 cm³/mol. The molecule has 0 radical (unpaired) electrons. The number of benzene rings is 2. The molecule has 0 atom stereocenters. The van der Waals surface area contributed by atoms with Crippen molar-refractivity contribution < 1.29 is 9.59 Å². The van der Waals surface area contributed by atoms with Gasteiger partial charge in [0.25, 0.3) is 0 Å². The second kappa shape index (κ2) is 8.45. The van der Waals surface area contributed by atoms with Gasteiger partial charge in [0.05, 0.1) is 6.21 Å². The molecule has 2 N–H and O–H groups in total. The monoisotopic (exact) mass is 429 g/mol. The van der Waals surface area contributed by atoms with Crippen LogP contribution in [0.25, 0.3) is 10.6 Å². The number of carbonyl (C=O) groups excluding carboxylic acids is 2. The molecule has 1 heterocycles. The Labute approximate surface area is 161 Å². The quantitative estimate of drug-likeness (QED) is 0.378. The smallest absolute Gasteiger partial charge is 0.292 e. The Bertz CT molecular complexity index is 959. The van der Waals surface area contributed by atoms with Crippen LogP contribution in [0, 0.1) is 0 Å². The van der Waals surface area contributed by atoms with E-state index in [4.69, 9.17) is 0 Å². The average Bonchev–Trinajstić information content (AvgIpc) is 3.12. The van der Waals surface area contributed by atoms with Crippen LogP contribution < -0.4 is 10.7 Å². The van der Waals surface area contributed by atoms with Crippen molar-refractivity contribution in [3.05, 3.63) is 64.6 Å². The van der Waals surface area contributed by atoms with Crippen LogP contribution in [0.15, 0.2) is 64.2 Å². The molecule has 0 fully saturated rings. The Balaban J connectivity index is 1.57. The lowest BCUT2D eigenvalue weighted by Gasteiger charge is -2.00. The van der Waals surface area contributed by atoms with E-state index in [2.05, 4.69) is 42.0 Å². The van der Waals surface area contributed by atoms with Crippen molar-refractivity contribution in [1.82, 2.24) is 15.6 Å². The minimum atomic E-state index is -0.898. The third-order valence-corrected chi connectivity index (χ3v) is 4.76. The van der Waals surface area contributed by atoms with E-state index in [-0.39, 0.29) is 5.13 Å². The number of rotatable bonds is 4. The van der Waals surface area contributed by atoms with E-state index in [0.717, 1.165) is 15.6 Å². The minimum Gasteiger partial charge on any atom is -0.292 e. The minimum absolute atomic E-state index is 0.235. The molecule has 0 saturated heterocycles. The molecule has 9 heteroatoms. The predicted octanol–water partition coefficient (Wildman–Crippen LogP) is 3.06. The number of nitrogens with zero attached hydrogens (tertiary/aromatic N) is 3. The molecule has 0 unspecified atom stereocenters. The first-order valence-electron chi connectivity index (χ1n) is 7.41. The molecule has 0 spiro atoms. The number of anilines is 1. The van der Waals surface area contributed by atoms with Gasteiger partial charge in [0, 0.05) is 15.6 Å².